The molecule has 0 N–H and O–H groups in total. The number of rotatable bonds is 5. The summed E-state index contributed by atoms with van der Waals surface area (Å²) in [6, 6.07) is 11.2. The van der Waals surface area contributed by atoms with Crippen molar-refractivity contribution in [1.29, 1.82) is 0 Å². The molecular formula is C20H20ClF3N2O3S2. The van der Waals surface area contributed by atoms with Gasteiger partial charge in [-0.1, -0.05) is 23.7 Å². The molecule has 1 aliphatic rings. The monoisotopic (exact) mass is 492 g/mol. The summed E-state index contributed by atoms with van der Waals surface area (Å²) in [7, 11) is -4.34. The van der Waals surface area contributed by atoms with Crippen LogP contribution in [0.1, 0.15) is 12.5 Å². The Labute approximate surface area is 188 Å². The van der Waals surface area contributed by atoms with Gasteiger partial charge in [0, 0.05) is 36.1 Å². The van der Waals surface area contributed by atoms with Crippen LogP contribution >= 0.6 is 23.4 Å². The Morgan fingerprint density at radius 3 is 2.19 bits per heavy atom. The summed E-state index contributed by atoms with van der Waals surface area (Å²) in [4.78, 5) is 14.4. The quantitative estimate of drug-likeness (QED) is 0.581. The fraction of sp³-hybridized carbons (Fsp3) is 0.350. The maximum atomic E-state index is 13.3. The van der Waals surface area contributed by atoms with E-state index in [1.165, 1.54) is 22.7 Å². The fourth-order valence-electron chi connectivity index (χ4n) is 3.24. The van der Waals surface area contributed by atoms with Crippen molar-refractivity contribution in [2.24, 2.45) is 0 Å². The molecule has 1 aliphatic heterocycles. The Morgan fingerprint density at radius 1 is 1.03 bits per heavy atom. The molecule has 0 radical (unpaired) electrons. The van der Waals surface area contributed by atoms with Crippen LogP contribution in [-0.2, 0) is 21.0 Å². The number of benzene rings is 2. The second kappa shape index (κ2) is 9.40. The van der Waals surface area contributed by atoms with E-state index in [9.17, 15) is 26.4 Å². The predicted molar refractivity (Wildman–Crippen MR) is 114 cm³/mol. The summed E-state index contributed by atoms with van der Waals surface area (Å²) in [6.45, 7) is 1.83. The van der Waals surface area contributed by atoms with E-state index in [-0.39, 0.29) is 32.1 Å². The highest BCUT2D eigenvalue weighted by molar-refractivity contribution is 8.00. The van der Waals surface area contributed by atoms with E-state index in [0.717, 1.165) is 27.4 Å². The van der Waals surface area contributed by atoms with Crippen molar-refractivity contribution in [2.45, 2.75) is 28.1 Å². The standard InChI is InChI=1S/C20H20ClF3N2O3S2/c1-14(30-16-8-6-15(21)7-9-16)19(27)25-10-12-26(13-11-25)31(28,29)18-5-3-2-4-17(18)20(22,23)24/h2-9,14H,10-13H2,1H3. The lowest BCUT2D eigenvalue weighted by atomic mass is 10.2. The number of alkyl halides is 3. The first kappa shape index (κ1) is 23.9. The summed E-state index contributed by atoms with van der Waals surface area (Å²) in [5.74, 6) is -0.160. The van der Waals surface area contributed by atoms with E-state index >= 15 is 0 Å². The third-order valence-electron chi connectivity index (χ3n) is 4.83. The highest BCUT2D eigenvalue weighted by Crippen LogP contribution is 2.35. The molecular weight excluding hydrogens is 473 g/mol. The van der Waals surface area contributed by atoms with Gasteiger partial charge in [-0.3, -0.25) is 4.79 Å². The molecule has 2 aromatic rings. The first-order chi connectivity index (χ1) is 14.5. The van der Waals surface area contributed by atoms with E-state index < -0.39 is 31.9 Å². The zero-order chi connectivity index (χ0) is 22.8. The van der Waals surface area contributed by atoms with E-state index in [4.69, 9.17) is 11.6 Å². The van der Waals surface area contributed by atoms with Crippen molar-refractivity contribution in [2.75, 3.05) is 26.2 Å². The minimum Gasteiger partial charge on any atom is -0.339 e. The van der Waals surface area contributed by atoms with Crippen molar-refractivity contribution in [3.63, 3.8) is 0 Å². The number of piperazine rings is 1. The van der Waals surface area contributed by atoms with Crippen LogP contribution in [0.15, 0.2) is 58.3 Å². The van der Waals surface area contributed by atoms with Crippen molar-refractivity contribution in [3.05, 3.63) is 59.1 Å². The molecule has 1 fully saturated rings. The number of sulfonamides is 1. The van der Waals surface area contributed by atoms with Gasteiger partial charge in [0.2, 0.25) is 15.9 Å². The third-order valence-corrected chi connectivity index (χ3v) is 8.14. The molecule has 0 bridgehead atoms. The van der Waals surface area contributed by atoms with Crippen molar-refractivity contribution < 1.29 is 26.4 Å². The van der Waals surface area contributed by atoms with Crippen molar-refractivity contribution in [1.82, 2.24) is 9.21 Å². The van der Waals surface area contributed by atoms with Crippen LogP contribution in [0.2, 0.25) is 5.02 Å². The normalized spacial score (nSPS) is 16.9. The van der Waals surface area contributed by atoms with E-state index in [1.807, 2.05) is 0 Å². The number of thioether (sulfide) groups is 1. The lowest BCUT2D eigenvalue weighted by Crippen LogP contribution is -2.52. The molecule has 3 rings (SSSR count). The van der Waals surface area contributed by atoms with Crippen LogP contribution in [0.25, 0.3) is 0 Å². The van der Waals surface area contributed by atoms with E-state index in [2.05, 4.69) is 0 Å². The predicted octanol–water partition coefficient (Wildman–Crippen LogP) is 4.37. The number of amides is 1. The van der Waals surface area contributed by atoms with Gasteiger partial charge in [-0.15, -0.1) is 11.8 Å². The van der Waals surface area contributed by atoms with Gasteiger partial charge in [0.25, 0.3) is 0 Å². The van der Waals surface area contributed by atoms with Crippen molar-refractivity contribution >= 4 is 39.3 Å². The largest absolute Gasteiger partial charge is 0.417 e. The smallest absolute Gasteiger partial charge is 0.339 e. The topological polar surface area (TPSA) is 57.7 Å². The molecule has 5 nitrogen and oxygen atoms in total. The number of hydrogen-bond donors (Lipinski definition) is 0. The summed E-state index contributed by atoms with van der Waals surface area (Å²) >= 11 is 7.22. The Morgan fingerprint density at radius 2 is 1.61 bits per heavy atom. The maximum absolute atomic E-state index is 13.3. The maximum Gasteiger partial charge on any atom is 0.417 e. The number of carbonyl (C=O) groups excluding carboxylic acids is 1. The Bertz CT molecular complexity index is 1040. The van der Waals surface area contributed by atoms with Gasteiger partial charge in [-0.25, -0.2) is 8.42 Å². The average Bonchev–Trinajstić information content (AvgIpc) is 2.74. The highest BCUT2D eigenvalue weighted by Gasteiger charge is 2.40. The minimum atomic E-state index is -4.78. The molecule has 1 heterocycles. The average molecular weight is 493 g/mol. The number of nitrogens with zero attached hydrogens (tertiary/aromatic N) is 2. The van der Waals surface area contributed by atoms with E-state index in [0.29, 0.717) is 5.02 Å². The number of hydrogen-bond acceptors (Lipinski definition) is 4. The molecule has 1 amide bonds. The van der Waals surface area contributed by atoms with Gasteiger partial charge in [0.1, 0.15) is 0 Å². The van der Waals surface area contributed by atoms with Crippen LogP contribution in [0.5, 0.6) is 0 Å². The first-order valence-electron chi connectivity index (χ1n) is 9.37. The van der Waals surface area contributed by atoms with Gasteiger partial charge in [0.15, 0.2) is 0 Å². The first-order valence-corrected chi connectivity index (χ1v) is 12.1. The molecule has 0 spiro atoms. The SMILES string of the molecule is CC(Sc1ccc(Cl)cc1)C(=O)N1CCN(S(=O)(=O)c2ccccc2C(F)(F)F)CC1. The zero-order valence-corrected chi connectivity index (χ0v) is 18.9. The van der Waals surface area contributed by atoms with Crippen LogP contribution in [0.3, 0.4) is 0 Å². The molecule has 31 heavy (non-hydrogen) atoms. The molecule has 0 saturated carbocycles. The highest BCUT2D eigenvalue weighted by atomic mass is 35.5. The summed E-state index contributed by atoms with van der Waals surface area (Å²) in [5, 5.41) is 0.183. The van der Waals surface area contributed by atoms with Gasteiger partial charge in [-0.2, -0.15) is 17.5 Å². The minimum absolute atomic E-state index is 0.0708. The van der Waals surface area contributed by atoms with Gasteiger partial charge < -0.3 is 4.90 Å². The zero-order valence-electron chi connectivity index (χ0n) is 16.5. The summed E-state index contributed by atoms with van der Waals surface area (Å²) in [6.07, 6.45) is -4.78. The lowest BCUT2D eigenvalue weighted by molar-refractivity contribution is -0.139. The lowest BCUT2D eigenvalue weighted by Gasteiger charge is -2.35. The van der Waals surface area contributed by atoms with Crippen LogP contribution in [-0.4, -0.2) is 55.0 Å². The fourth-order valence-corrected chi connectivity index (χ4v) is 5.95. The molecule has 1 saturated heterocycles. The molecule has 0 aromatic heterocycles. The Hall–Kier alpha value is -1.75. The van der Waals surface area contributed by atoms with E-state index in [1.54, 1.807) is 31.2 Å². The molecule has 1 unspecified atom stereocenters. The van der Waals surface area contributed by atoms with Crippen LogP contribution in [0.4, 0.5) is 13.2 Å². The van der Waals surface area contributed by atoms with Gasteiger partial charge in [0.05, 0.1) is 15.7 Å². The second-order valence-corrected chi connectivity index (χ2v) is 10.7. The van der Waals surface area contributed by atoms with Gasteiger partial charge in [-0.05, 0) is 43.3 Å². The van der Waals surface area contributed by atoms with Gasteiger partial charge >= 0.3 is 6.18 Å². The summed E-state index contributed by atoms with van der Waals surface area (Å²) in [5.41, 5.74) is -1.19. The Kier molecular flexibility index (Phi) is 7.25. The second-order valence-electron chi connectivity index (χ2n) is 6.94. The van der Waals surface area contributed by atoms with Crippen molar-refractivity contribution in [3.8, 4) is 0 Å². The molecule has 1 atom stereocenters. The number of carbonyl (C=O) groups is 1. The molecule has 168 valence electrons. The molecule has 2 aromatic carbocycles. The molecule has 11 heteroatoms. The third kappa shape index (κ3) is 5.54. The van der Waals surface area contributed by atoms with Crippen LogP contribution < -0.4 is 0 Å². The molecule has 0 aliphatic carbocycles. The number of halogens is 4. The summed E-state index contributed by atoms with van der Waals surface area (Å²) < 4.78 is 66.5. The van der Waals surface area contributed by atoms with Crippen LogP contribution in [0, 0.1) is 0 Å². The Balaban J connectivity index is 1.66.